The van der Waals surface area contributed by atoms with Crippen LogP contribution in [0.4, 0.5) is 19.4 Å². The summed E-state index contributed by atoms with van der Waals surface area (Å²) in [6, 6.07) is 2.01. The largest absolute Gasteiger partial charge is 0.508 e. The Balaban J connectivity index is 1.30. The molecule has 46 heavy (non-hydrogen) atoms. The summed E-state index contributed by atoms with van der Waals surface area (Å²) in [6.07, 6.45) is 6.85. The maximum Gasteiger partial charge on any atom is 0.508 e. The average Bonchev–Trinajstić information content (AvgIpc) is 3.68. The van der Waals surface area contributed by atoms with Gasteiger partial charge in [0, 0.05) is 36.7 Å². The van der Waals surface area contributed by atoms with Crippen molar-refractivity contribution >= 4 is 33.8 Å². The molecule has 1 aromatic carbocycles. The molecule has 3 atom stereocenters. The molecule has 1 N–H and O–H groups in total. The van der Waals surface area contributed by atoms with Crippen LogP contribution in [0.5, 0.6) is 6.01 Å². The highest BCUT2D eigenvalue weighted by Crippen LogP contribution is 2.42. The van der Waals surface area contributed by atoms with E-state index in [9.17, 15) is 9.18 Å². The molecular weight excluding hydrogens is 596 g/mol. The normalized spacial score (nSPS) is 25.5. The summed E-state index contributed by atoms with van der Waals surface area (Å²) in [5, 5.41) is 8.41. The Hall–Kier alpha value is -4.13. The number of hydrogen-bond donors (Lipinski definition) is 1. The Morgan fingerprint density at radius 1 is 1.13 bits per heavy atom. The fraction of sp³-hybridized carbons (Fsp3) is 0.545. The number of fused-ring (bicyclic) bond motifs is 8. The fourth-order valence-corrected chi connectivity index (χ4v) is 7.98. The van der Waals surface area contributed by atoms with Crippen LogP contribution < -0.4 is 9.64 Å². The molecule has 0 amide bonds. The van der Waals surface area contributed by atoms with Gasteiger partial charge >= 0.3 is 12.2 Å². The number of ether oxygens (including phenoxy) is 3. The van der Waals surface area contributed by atoms with Crippen LogP contribution >= 0.6 is 0 Å². The minimum absolute atomic E-state index is 0.0299. The van der Waals surface area contributed by atoms with Crippen LogP contribution in [0.25, 0.3) is 33.1 Å². The molecule has 5 aliphatic rings. The first-order valence-corrected chi connectivity index (χ1v) is 16.3. The number of hydrogen-bond acceptors (Lipinski definition) is 10. The Morgan fingerprint density at radius 2 is 2.04 bits per heavy atom. The van der Waals surface area contributed by atoms with Crippen LogP contribution in [-0.2, 0) is 15.9 Å². The molecule has 6 bridgehead atoms. The van der Waals surface area contributed by atoms with Crippen LogP contribution in [-0.4, -0.2) is 93.4 Å². The van der Waals surface area contributed by atoms with E-state index in [4.69, 9.17) is 24.2 Å². The lowest BCUT2D eigenvalue weighted by Crippen LogP contribution is -2.43. The average molecular weight is 634 g/mol. The lowest BCUT2D eigenvalue weighted by atomic mass is 9.92. The van der Waals surface area contributed by atoms with Gasteiger partial charge in [-0.15, -0.1) is 0 Å². The number of carbonyl (C=O) groups is 1. The highest BCUT2D eigenvalue weighted by atomic mass is 19.1. The quantitative estimate of drug-likeness (QED) is 0.293. The van der Waals surface area contributed by atoms with Crippen molar-refractivity contribution in [2.24, 2.45) is 0 Å². The molecule has 13 heteroatoms. The van der Waals surface area contributed by atoms with Crippen molar-refractivity contribution in [2.75, 3.05) is 44.3 Å². The number of H-pyrrole nitrogens is 1. The van der Waals surface area contributed by atoms with Gasteiger partial charge in [0.2, 0.25) is 0 Å². The van der Waals surface area contributed by atoms with E-state index in [0.717, 1.165) is 54.3 Å². The summed E-state index contributed by atoms with van der Waals surface area (Å²) in [5.41, 5.74) is 3.04. The number of aromatic nitrogens is 5. The number of halogens is 2. The SMILES string of the molecule is Cc1cc2[nH]ncc2c2c1CCCOC(=O)O[C@@H]1CCCCN(C1)c1nc(OC[C@@]34CCCN3C[C@H](F)C4)nc3c(F)c-2ncc13. The number of nitrogens with one attached hydrogen (secondary N) is 1. The van der Waals surface area contributed by atoms with Crippen molar-refractivity contribution in [2.45, 2.75) is 76.1 Å². The van der Waals surface area contributed by atoms with E-state index in [1.54, 1.807) is 12.4 Å². The molecule has 3 fully saturated rings. The summed E-state index contributed by atoms with van der Waals surface area (Å²) in [6.45, 7) is 4.54. The molecule has 3 aromatic heterocycles. The third-order valence-corrected chi connectivity index (χ3v) is 10.2. The van der Waals surface area contributed by atoms with Crippen molar-refractivity contribution < 1.29 is 27.8 Å². The van der Waals surface area contributed by atoms with E-state index in [1.807, 2.05) is 17.9 Å². The van der Waals surface area contributed by atoms with Crippen molar-refractivity contribution in [3.8, 4) is 17.3 Å². The van der Waals surface area contributed by atoms with Crippen LogP contribution in [0, 0.1) is 12.7 Å². The van der Waals surface area contributed by atoms with Crippen molar-refractivity contribution in [1.82, 2.24) is 30.0 Å². The lowest BCUT2D eigenvalue weighted by Gasteiger charge is -2.31. The Bertz CT molecular complexity index is 1820. The topological polar surface area (TPSA) is 119 Å². The summed E-state index contributed by atoms with van der Waals surface area (Å²) < 4.78 is 49.1. The second-order valence-corrected chi connectivity index (χ2v) is 13.1. The molecule has 0 aliphatic carbocycles. The molecule has 4 aromatic rings. The third kappa shape index (κ3) is 5.08. The molecule has 0 saturated carbocycles. The number of nitrogens with zero attached hydrogens (tertiary/aromatic N) is 6. The maximum atomic E-state index is 17.0. The van der Waals surface area contributed by atoms with Gasteiger partial charge in [0.15, 0.2) is 5.82 Å². The molecule has 242 valence electrons. The zero-order valence-corrected chi connectivity index (χ0v) is 25.9. The standard InChI is InChI=1S/C33H37F2N7O4/c1-19-12-25-23(15-37-40-25)26-22(19)7-4-11-44-32(43)46-21-6-2-3-9-41(17-21)30-24-14-36-29(26)27(35)28(24)38-31(39-30)45-18-33-8-5-10-42(33)16-20(34)13-33/h12,14-15,20-21H,2-11,13,16-18H2,1H3,(H,37,40)/t20-,21-,33+/m1/s1. The molecule has 0 unspecified atom stereocenters. The molecular formula is C33H37F2N7O4. The number of aryl methyl sites for hydroxylation is 1. The van der Waals surface area contributed by atoms with Gasteiger partial charge in [0.1, 0.15) is 35.9 Å². The zero-order valence-electron chi connectivity index (χ0n) is 25.9. The van der Waals surface area contributed by atoms with Gasteiger partial charge in [-0.2, -0.15) is 15.1 Å². The van der Waals surface area contributed by atoms with Gasteiger partial charge in [-0.05, 0) is 75.6 Å². The number of alkyl halides is 1. The van der Waals surface area contributed by atoms with Crippen molar-refractivity contribution in [3.63, 3.8) is 0 Å². The molecule has 0 radical (unpaired) electrons. The van der Waals surface area contributed by atoms with Crippen molar-refractivity contribution in [3.05, 3.63) is 35.4 Å². The predicted molar refractivity (Wildman–Crippen MR) is 166 cm³/mol. The summed E-state index contributed by atoms with van der Waals surface area (Å²) in [7, 11) is 0. The van der Waals surface area contributed by atoms with Gasteiger partial charge in [-0.1, -0.05) is 0 Å². The number of benzene rings is 1. The van der Waals surface area contributed by atoms with Crippen molar-refractivity contribution in [1.29, 1.82) is 0 Å². The first-order chi connectivity index (χ1) is 22.4. The van der Waals surface area contributed by atoms with Crippen LogP contribution in [0.3, 0.4) is 0 Å². The van der Waals surface area contributed by atoms with Gasteiger partial charge in [0.05, 0.1) is 35.8 Å². The monoisotopic (exact) mass is 633 g/mol. The van der Waals surface area contributed by atoms with Gasteiger partial charge < -0.3 is 19.1 Å². The molecule has 9 rings (SSSR count). The van der Waals surface area contributed by atoms with Gasteiger partial charge in [-0.25, -0.2) is 13.6 Å². The van der Waals surface area contributed by atoms with E-state index >= 15 is 4.39 Å². The van der Waals surface area contributed by atoms with Gasteiger partial charge in [0.25, 0.3) is 0 Å². The van der Waals surface area contributed by atoms with E-state index < -0.39 is 29.8 Å². The summed E-state index contributed by atoms with van der Waals surface area (Å²) in [4.78, 5) is 31.1. The molecule has 3 saturated heterocycles. The Morgan fingerprint density at radius 3 is 2.96 bits per heavy atom. The second-order valence-electron chi connectivity index (χ2n) is 13.1. The smallest absolute Gasteiger partial charge is 0.461 e. The fourth-order valence-electron chi connectivity index (χ4n) is 7.98. The van der Waals surface area contributed by atoms with Crippen LogP contribution in [0.2, 0.25) is 0 Å². The summed E-state index contributed by atoms with van der Waals surface area (Å²) in [5.74, 6) is -0.116. The van der Waals surface area contributed by atoms with E-state index in [-0.39, 0.29) is 30.4 Å². The molecule has 11 nitrogen and oxygen atoms in total. The highest BCUT2D eigenvalue weighted by Gasteiger charge is 2.49. The minimum atomic E-state index is -0.904. The van der Waals surface area contributed by atoms with Crippen LogP contribution in [0.1, 0.15) is 56.1 Å². The van der Waals surface area contributed by atoms with E-state index in [0.29, 0.717) is 62.1 Å². The maximum absolute atomic E-state index is 17.0. The Kier molecular flexibility index (Phi) is 7.38. The minimum Gasteiger partial charge on any atom is -0.461 e. The summed E-state index contributed by atoms with van der Waals surface area (Å²) >= 11 is 0. The number of aromatic amines is 1. The molecule has 8 heterocycles. The zero-order chi connectivity index (χ0) is 31.4. The first kappa shape index (κ1) is 29.3. The third-order valence-electron chi connectivity index (χ3n) is 10.2. The number of rotatable bonds is 3. The Labute approximate surface area is 264 Å². The number of anilines is 1. The molecule has 5 aliphatic heterocycles. The van der Waals surface area contributed by atoms with E-state index in [1.165, 1.54) is 0 Å². The lowest BCUT2D eigenvalue weighted by molar-refractivity contribution is 0.0234. The van der Waals surface area contributed by atoms with Crippen LogP contribution in [0.15, 0.2) is 18.5 Å². The van der Waals surface area contributed by atoms with Gasteiger partial charge in [-0.3, -0.25) is 15.0 Å². The first-order valence-electron chi connectivity index (χ1n) is 16.3. The van der Waals surface area contributed by atoms with E-state index in [2.05, 4.69) is 20.1 Å². The number of carbonyl (C=O) groups excluding carboxylic acids is 1. The molecule has 0 spiro atoms. The number of pyridine rings is 1. The second kappa shape index (κ2) is 11.6. The highest BCUT2D eigenvalue weighted by molar-refractivity contribution is 5.99. The predicted octanol–water partition coefficient (Wildman–Crippen LogP) is 5.43.